The van der Waals surface area contributed by atoms with E-state index in [1.807, 2.05) is 29.9 Å². The van der Waals surface area contributed by atoms with Crippen LogP contribution in [-0.4, -0.2) is 16.3 Å². The van der Waals surface area contributed by atoms with Crippen LogP contribution in [0.3, 0.4) is 0 Å². The van der Waals surface area contributed by atoms with E-state index in [2.05, 4.69) is 10.4 Å². The van der Waals surface area contributed by atoms with E-state index in [9.17, 15) is 0 Å². The first-order chi connectivity index (χ1) is 8.16. The van der Waals surface area contributed by atoms with E-state index in [-0.39, 0.29) is 0 Å². The van der Waals surface area contributed by atoms with E-state index in [4.69, 9.17) is 17.3 Å². The fourth-order valence-electron chi connectivity index (χ4n) is 1.65. The van der Waals surface area contributed by atoms with E-state index in [0.29, 0.717) is 10.7 Å². The molecule has 1 aromatic carbocycles. The van der Waals surface area contributed by atoms with Crippen LogP contribution in [0.4, 0.5) is 11.4 Å². The van der Waals surface area contributed by atoms with Gasteiger partial charge in [0.05, 0.1) is 10.7 Å². The highest BCUT2D eigenvalue weighted by Crippen LogP contribution is 2.23. The van der Waals surface area contributed by atoms with Crippen LogP contribution < -0.4 is 11.1 Å². The third kappa shape index (κ3) is 2.91. The van der Waals surface area contributed by atoms with Crippen LogP contribution in [0.2, 0.25) is 5.02 Å². The molecular weight excluding hydrogens is 236 g/mol. The van der Waals surface area contributed by atoms with Gasteiger partial charge in [0, 0.05) is 37.6 Å². The molecule has 0 saturated heterocycles. The molecule has 0 aliphatic heterocycles. The van der Waals surface area contributed by atoms with Gasteiger partial charge in [0.1, 0.15) is 0 Å². The molecule has 2 rings (SSSR count). The monoisotopic (exact) mass is 250 g/mol. The number of aromatic nitrogens is 2. The summed E-state index contributed by atoms with van der Waals surface area (Å²) in [7, 11) is 1.94. The van der Waals surface area contributed by atoms with Gasteiger partial charge in [-0.3, -0.25) is 4.68 Å². The molecule has 0 aliphatic rings. The van der Waals surface area contributed by atoms with Crippen molar-refractivity contribution in [1.29, 1.82) is 0 Å². The zero-order chi connectivity index (χ0) is 12.3. The average molecular weight is 251 g/mol. The first-order valence-corrected chi connectivity index (χ1v) is 5.80. The lowest BCUT2D eigenvalue weighted by molar-refractivity contribution is 0.711. The van der Waals surface area contributed by atoms with Crippen molar-refractivity contribution in [3.05, 3.63) is 41.2 Å². The fraction of sp³-hybridized carbons (Fsp3) is 0.250. The highest BCUT2D eigenvalue weighted by Gasteiger charge is 2.01. The maximum absolute atomic E-state index is 6.06. The Morgan fingerprint density at radius 2 is 2.24 bits per heavy atom. The van der Waals surface area contributed by atoms with Crippen LogP contribution in [-0.2, 0) is 13.5 Å². The number of hydrogen-bond donors (Lipinski definition) is 2. The van der Waals surface area contributed by atoms with Gasteiger partial charge in [-0.05, 0) is 24.3 Å². The molecule has 0 unspecified atom stereocenters. The second kappa shape index (κ2) is 5.10. The molecule has 0 saturated carbocycles. The summed E-state index contributed by atoms with van der Waals surface area (Å²) in [6.45, 7) is 0.809. The molecule has 0 amide bonds. The van der Waals surface area contributed by atoms with Crippen LogP contribution in [0.5, 0.6) is 0 Å². The van der Waals surface area contributed by atoms with Crippen molar-refractivity contribution in [1.82, 2.24) is 9.78 Å². The first-order valence-electron chi connectivity index (χ1n) is 5.42. The minimum absolute atomic E-state index is 0.648. The molecule has 4 nitrogen and oxygen atoms in total. The smallest absolute Gasteiger partial charge is 0.0657 e. The molecule has 1 heterocycles. The largest absolute Gasteiger partial charge is 0.399 e. The topological polar surface area (TPSA) is 55.9 Å². The summed E-state index contributed by atoms with van der Waals surface area (Å²) in [5.74, 6) is 0. The number of aryl methyl sites for hydroxylation is 1. The molecule has 0 spiro atoms. The summed E-state index contributed by atoms with van der Waals surface area (Å²) in [6, 6.07) is 7.47. The number of nitrogens with zero attached hydrogens (tertiary/aromatic N) is 2. The molecule has 0 bridgehead atoms. The molecular formula is C12H15ClN4. The van der Waals surface area contributed by atoms with Gasteiger partial charge in [-0.25, -0.2) is 0 Å². The maximum atomic E-state index is 6.06. The molecule has 90 valence electrons. The quantitative estimate of drug-likeness (QED) is 0.819. The van der Waals surface area contributed by atoms with Crippen molar-refractivity contribution < 1.29 is 0 Å². The summed E-state index contributed by atoms with van der Waals surface area (Å²) >= 11 is 6.06. The predicted molar refractivity (Wildman–Crippen MR) is 71.3 cm³/mol. The number of halogens is 1. The van der Waals surface area contributed by atoms with Crippen molar-refractivity contribution in [3.8, 4) is 0 Å². The Hall–Kier alpha value is -1.68. The average Bonchev–Trinajstić information content (AvgIpc) is 2.68. The Kier molecular flexibility index (Phi) is 3.54. The van der Waals surface area contributed by atoms with Crippen molar-refractivity contribution in [2.45, 2.75) is 6.42 Å². The van der Waals surface area contributed by atoms with E-state index in [1.165, 1.54) is 5.69 Å². The molecule has 17 heavy (non-hydrogen) atoms. The van der Waals surface area contributed by atoms with Crippen LogP contribution >= 0.6 is 11.6 Å². The lowest BCUT2D eigenvalue weighted by Gasteiger charge is -2.09. The molecule has 0 aliphatic carbocycles. The first kappa shape index (κ1) is 11.8. The lowest BCUT2D eigenvalue weighted by Crippen LogP contribution is -2.08. The fourth-order valence-corrected chi connectivity index (χ4v) is 1.90. The highest BCUT2D eigenvalue weighted by molar-refractivity contribution is 6.33. The maximum Gasteiger partial charge on any atom is 0.0657 e. The van der Waals surface area contributed by atoms with Gasteiger partial charge in [-0.2, -0.15) is 5.10 Å². The second-order valence-electron chi connectivity index (χ2n) is 3.86. The molecule has 2 aromatic rings. The van der Waals surface area contributed by atoms with Crippen LogP contribution in [0, 0.1) is 0 Å². The third-order valence-corrected chi connectivity index (χ3v) is 2.92. The number of hydrogen-bond acceptors (Lipinski definition) is 3. The van der Waals surface area contributed by atoms with Gasteiger partial charge in [-0.1, -0.05) is 11.6 Å². The summed E-state index contributed by atoms with van der Waals surface area (Å²) in [5, 5.41) is 8.04. The van der Waals surface area contributed by atoms with Crippen molar-refractivity contribution in [3.63, 3.8) is 0 Å². The number of nitrogen functional groups attached to an aromatic ring is 1. The van der Waals surface area contributed by atoms with E-state index >= 15 is 0 Å². The Labute approximate surface area is 105 Å². The van der Waals surface area contributed by atoms with Gasteiger partial charge >= 0.3 is 0 Å². The number of rotatable bonds is 4. The molecule has 5 heteroatoms. The zero-order valence-electron chi connectivity index (χ0n) is 9.65. The van der Waals surface area contributed by atoms with Gasteiger partial charge in [0.15, 0.2) is 0 Å². The summed E-state index contributed by atoms with van der Waals surface area (Å²) in [4.78, 5) is 0. The van der Waals surface area contributed by atoms with E-state index in [1.54, 1.807) is 12.3 Å². The Bertz CT molecular complexity index is 507. The zero-order valence-corrected chi connectivity index (χ0v) is 10.4. The number of benzene rings is 1. The Balaban J connectivity index is 1.92. The molecule has 1 aromatic heterocycles. The predicted octanol–water partition coefficient (Wildman–Crippen LogP) is 2.31. The van der Waals surface area contributed by atoms with Crippen molar-refractivity contribution in [2.75, 3.05) is 17.6 Å². The van der Waals surface area contributed by atoms with Gasteiger partial charge in [0.25, 0.3) is 0 Å². The van der Waals surface area contributed by atoms with Crippen LogP contribution in [0.1, 0.15) is 5.69 Å². The SMILES string of the molecule is Cn1nccc1CCNc1ccc(N)cc1Cl. The summed E-state index contributed by atoms with van der Waals surface area (Å²) < 4.78 is 1.87. The summed E-state index contributed by atoms with van der Waals surface area (Å²) in [5.41, 5.74) is 8.39. The lowest BCUT2D eigenvalue weighted by atomic mass is 10.2. The van der Waals surface area contributed by atoms with Crippen molar-refractivity contribution in [2.24, 2.45) is 7.05 Å². The highest BCUT2D eigenvalue weighted by atomic mass is 35.5. The number of nitrogens with two attached hydrogens (primary N) is 1. The van der Waals surface area contributed by atoms with Gasteiger partial charge in [-0.15, -0.1) is 0 Å². The normalized spacial score (nSPS) is 10.5. The molecule has 0 radical (unpaired) electrons. The number of nitrogens with one attached hydrogen (secondary N) is 1. The molecule has 0 atom stereocenters. The standard InChI is InChI=1S/C12H15ClN4/c1-17-10(5-7-16-17)4-6-15-12-3-2-9(14)8-11(12)13/h2-3,5,7-8,15H,4,6,14H2,1H3. The minimum atomic E-state index is 0.648. The molecule has 3 N–H and O–H groups in total. The Morgan fingerprint density at radius 3 is 2.88 bits per heavy atom. The van der Waals surface area contributed by atoms with E-state index < -0.39 is 0 Å². The van der Waals surface area contributed by atoms with Gasteiger partial charge in [0.2, 0.25) is 0 Å². The van der Waals surface area contributed by atoms with Crippen molar-refractivity contribution >= 4 is 23.0 Å². The number of anilines is 2. The molecule has 0 fully saturated rings. The summed E-state index contributed by atoms with van der Waals surface area (Å²) in [6.07, 6.45) is 2.70. The second-order valence-corrected chi connectivity index (χ2v) is 4.27. The van der Waals surface area contributed by atoms with Crippen LogP contribution in [0.25, 0.3) is 0 Å². The third-order valence-electron chi connectivity index (χ3n) is 2.61. The van der Waals surface area contributed by atoms with Gasteiger partial charge < -0.3 is 11.1 Å². The minimum Gasteiger partial charge on any atom is -0.399 e. The Morgan fingerprint density at radius 1 is 1.41 bits per heavy atom. The van der Waals surface area contributed by atoms with Crippen LogP contribution in [0.15, 0.2) is 30.5 Å². The van der Waals surface area contributed by atoms with E-state index in [0.717, 1.165) is 18.7 Å².